The fraction of sp³-hybridized carbons (Fsp3) is 0.353. The van der Waals surface area contributed by atoms with E-state index in [4.69, 9.17) is 32.6 Å². The van der Waals surface area contributed by atoms with Gasteiger partial charge in [0.15, 0.2) is 11.8 Å². The van der Waals surface area contributed by atoms with Gasteiger partial charge in [0.05, 0.1) is 21.9 Å². The number of aromatic nitrogens is 1. The van der Waals surface area contributed by atoms with Crippen LogP contribution in [-0.4, -0.2) is 38.0 Å². The number of carbonyl (C=O) groups excluding carboxylic acids is 1. The van der Waals surface area contributed by atoms with Crippen LogP contribution in [-0.2, 0) is 24.4 Å². The molecule has 156 valence electrons. The molecule has 1 aliphatic rings. The van der Waals surface area contributed by atoms with Crippen molar-refractivity contribution in [1.82, 2.24) is 9.87 Å². The Morgan fingerprint density at radius 2 is 2.14 bits per heavy atom. The number of nitrogens with one attached hydrogen (secondary N) is 1. The van der Waals surface area contributed by atoms with E-state index >= 15 is 0 Å². The first-order chi connectivity index (χ1) is 13.7. The van der Waals surface area contributed by atoms with Gasteiger partial charge in [-0.1, -0.05) is 17.7 Å². The first-order valence-electron chi connectivity index (χ1n) is 8.69. The summed E-state index contributed by atoms with van der Waals surface area (Å²) in [6, 6.07) is 4.10. The summed E-state index contributed by atoms with van der Waals surface area (Å²) in [5.41, 5.74) is 10.8. The Morgan fingerprint density at radius 3 is 2.83 bits per heavy atom. The zero-order valence-electron chi connectivity index (χ0n) is 15.5. The molecule has 1 saturated heterocycles. The molecule has 2 atom stereocenters. The van der Waals surface area contributed by atoms with Gasteiger partial charge in [0.1, 0.15) is 0 Å². The molecule has 29 heavy (non-hydrogen) atoms. The molecule has 0 aliphatic carbocycles. The average Bonchev–Trinajstić information content (AvgIpc) is 2.68. The third kappa shape index (κ3) is 4.93. The molecule has 0 radical (unpaired) electrons. The van der Waals surface area contributed by atoms with E-state index < -0.39 is 21.9 Å². The number of fused-ring (bicyclic) bond motifs is 1. The minimum Gasteiger partial charge on any atom is -0.378 e. The van der Waals surface area contributed by atoms with Crippen LogP contribution in [0.4, 0.5) is 5.82 Å². The Kier molecular flexibility index (Phi) is 6.22. The maximum Gasteiger partial charge on any atom is 0.329 e. The predicted molar refractivity (Wildman–Crippen MR) is 107 cm³/mol. The van der Waals surface area contributed by atoms with Crippen molar-refractivity contribution in [2.45, 2.75) is 30.8 Å². The van der Waals surface area contributed by atoms with E-state index in [1.165, 1.54) is 24.4 Å². The topological polar surface area (TPSA) is 159 Å². The number of ether oxygens (including phenoxy) is 1. The van der Waals surface area contributed by atoms with Gasteiger partial charge in [0, 0.05) is 23.6 Å². The van der Waals surface area contributed by atoms with Crippen molar-refractivity contribution in [3.63, 3.8) is 0 Å². The van der Waals surface area contributed by atoms with Gasteiger partial charge in [-0.25, -0.2) is 13.4 Å². The van der Waals surface area contributed by atoms with Crippen LogP contribution in [0.15, 0.2) is 34.3 Å². The molecule has 0 saturated carbocycles. The molecule has 0 bridgehead atoms. The molecule has 2 heterocycles. The van der Waals surface area contributed by atoms with Crippen LogP contribution in [0.1, 0.15) is 19.8 Å². The number of benzene rings is 1. The molecule has 1 aliphatic heterocycles. The molecule has 2 aromatic rings. The quantitative estimate of drug-likeness (QED) is 0.356. The third-order valence-corrected chi connectivity index (χ3v) is 5.88. The SMILES string of the molecule is CC1CC(C(=O)ONS(=O)(=O)c2ccc3c(Cl)cnc(N=C(N)N)c3c2)CCO1. The molecular weight excluding hydrogens is 422 g/mol. The summed E-state index contributed by atoms with van der Waals surface area (Å²) in [4.78, 5) is 26.6. The van der Waals surface area contributed by atoms with Gasteiger partial charge < -0.3 is 21.0 Å². The normalized spacial score (nSPS) is 19.7. The van der Waals surface area contributed by atoms with Gasteiger partial charge in [-0.3, -0.25) is 4.79 Å². The third-order valence-electron chi connectivity index (χ3n) is 4.41. The van der Waals surface area contributed by atoms with E-state index in [1.807, 2.05) is 11.8 Å². The first-order valence-corrected chi connectivity index (χ1v) is 10.6. The lowest BCUT2D eigenvalue weighted by Gasteiger charge is -2.25. The molecule has 12 heteroatoms. The highest BCUT2D eigenvalue weighted by atomic mass is 35.5. The molecule has 2 unspecified atom stereocenters. The van der Waals surface area contributed by atoms with Crippen LogP contribution in [0, 0.1) is 5.92 Å². The van der Waals surface area contributed by atoms with Gasteiger partial charge in [-0.05, 0) is 36.8 Å². The summed E-state index contributed by atoms with van der Waals surface area (Å²) in [5, 5.41) is 1.12. The Hall–Kier alpha value is -2.47. The number of halogens is 1. The molecule has 0 amide bonds. The Bertz CT molecular complexity index is 1070. The second-order valence-corrected chi connectivity index (χ2v) is 8.64. The van der Waals surface area contributed by atoms with Crippen LogP contribution >= 0.6 is 11.6 Å². The minimum atomic E-state index is -4.16. The van der Waals surface area contributed by atoms with Gasteiger partial charge in [0.2, 0.25) is 0 Å². The summed E-state index contributed by atoms with van der Waals surface area (Å²) in [6.45, 7) is 2.26. The second kappa shape index (κ2) is 8.49. The number of rotatable bonds is 5. The number of guanidine groups is 1. The van der Waals surface area contributed by atoms with Crippen molar-refractivity contribution in [3.8, 4) is 0 Å². The zero-order chi connectivity index (χ0) is 21.2. The first kappa shape index (κ1) is 21.2. The van der Waals surface area contributed by atoms with Crippen LogP contribution in [0.25, 0.3) is 10.8 Å². The van der Waals surface area contributed by atoms with Gasteiger partial charge in [-0.15, -0.1) is 0 Å². The van der Waals surface area contributed by atoms with Gasteiger partial charge in [-0.2, -0.15) is 4.99 Å². The van der Waals surface area contributed by atoms with Crippen molar-refractivity contribution in [3.05, 3.63) is 29.4 Å². The highest BCUT2D eigenvalue weighted by Crippen LogP contribution is 2.31. The molecule has 5 N–H and O–H groups in total. The van der Waals surface area contributed by atoms with E-state index in [9.17, 15) is 13.2 Å². The number of hydrogen-bond acceptors (Lipinski definition) is 7. The monoisotopic (exact) mass is 441 g/mol. The lowest BCUT2D eigenvalue weighted by atomic mass is 9.97. The minimum absolute atomic E-state index is 0.0930. The smallest absolute Gasteiger partial charge is 0.329 e. The van der Waals surface area contributed by atoms with Gasteiger partial charge in [0.25, 0.3) is 10.0 Å². The Morgan fingerprint density at radius 1 is 1.38 bits per heavy atom. The van der Waals surface area contributed by atoms with E-state index in [1.54, 1.807) is 0 Å². The number of sulfonamides is 1. The number of nitrogens with zero attached hydrogens (tertiary/aromatic N) is 2. The molecule has 1 aromatic carbocycles. The fourth-order valence-electron chi connectivity index (χ4n) is 2.99. The van der Waals surface area contributed by atoms with Crippen molar-refractivity contribution >= 4 is 50.1 Å². The summed E-state index contributed by atoms with van der Waals surface area (Å²) in [5.74, 6) is -1.23. The van der Waals surface area contributed by atoms with E-state index in [0.717, 1.165) is 0 Å². The van der Waals surface area contributed by atoms with E-state index in [2.05, 4.69) is 9.98 Å². The van der Waals surface area contributed by atoms with Crippen molar-refractivity contribution < 1.29 is 22.8 Å². The maximum atomic E-state index is 12.6. The predicted octanol–water partition coefficient (Wildman–Crippen LogP) is 1.34. The summed E-state index contributed by atoms with van der Waals surface area (Å²) in [6.07, 6.45) is 2.19. The molecule has 3 rings (SSSR count). The lowest BCUT2D eigenvalue weighted by molar-refractivity contribution is -0.157. The summed E-state index contributed by atoms with van der Waals surface area (Å²) >= 11 is 6.11. The van der Waals surface area contributed by atoms with Crippen molar-refractivity contribution in [2.75, 3.05) is 6.61 Å². The maximum absolute atomic E-state index is 12.6. The molecule has 1 aromatic heterocycles. The number of hydrogen-bond donors (Lipinski definition) is 3. The molecule has 1 fully saturated rings. The number of aliphatic imine (C=N–C) groups is 1. The molecule has 10 nitrogen and oxygen atoms in total. The Balaban J connectivity index is 1.84. The number of carbonyl (C=O) groups is 1. The van der Waals surface area contributed by atoms with E-state index in [-0.39, 0.29) is 22.8 Å². The zero-order valence-corrected chi connectivity index (χ0v) is 17.0. The van der Waals surface area contributed by atoms with E-state index in [0.29, 0.717) is 35.2 Å². The molecular formula is C17H20ClN5O5S. The summed E-state index contributed by atoms with van der Waals surface area (Å²) in [7, 11) is -4.16. The highest BCUT2D eigenvalue weighted by Gasteiger charge is 2.28. The lowest BCUT2D eigenvalue weighted by Crippen LogP contribution is -2.35. The van der Waals surface area contributed by atoms with Crippen LogP contribution < -0.4 is 16.4 Å². The van der Waals surface area contributed by atoms with Crippen LogP contribution in [0.5, 0.6) is 0 Å². The summed E-state index contributed by atoms with van der Waals surface area (Å²) < 4.78 is 30.6. The average molecular weight is 442 g/mol. The largest absolute Gasteiger partial charge is 0.378 e. The number of pyridine rings is 1. The van der Waals surface area contributed by atoms with Crippen LogP contribution in [0.2, 0.25) is 5.02 Å². The molecule has 0 spiro atoms. The second-order valence-electron chi connectivity index (χ2n) is 6.58. The van der Waals surface area contributed by atoms with Crippen LogP contribution in [0.3, 0.4) is 0 Å². The van der Waals surface area contributed by atoms with Crippen molar-refractivity contribution in [2.24, 2.45) is 22.4 Å². The van der Waals surface area contributed by atoms with Crippen molar-refractivity contribution in [1.29, 1.82) is 0 Å². The Labute approximate surface area is 172 Å². The standard InChI is InChI=1S/C17H20ClN5O5S/c1-9-6-10(4-5-27-9)16(24)28-23-29(25,26)11-2-3-12-13(7-11)15(22-17(19)20)21-8-14(12)18/h2-3,7-10,23H,4-6H2,1H3,(H4,19,20,21,22). The fourth-order valence-corrected chi connectivity index (χ4v) is 4.01. The van der Waals surface area contributed by atoms with Gasteiger partial charge >= 0.3 is 5.97 Å². The number of nitrogens with two attached hydrogens (primary N) is 2. The highest BCUT2D eigenvalue weighted by molar-refractivity contribution is 7.89.